The van der Waals surface area contributed by atoms with E-state index in [2.05, 4.69) is 46.2 Å². The molecule has 1 aliphatic heterocycles. The first kappa shape index (κ1) is 9.37. The fourth-order valence-corrected chi connectivity index (χ4v) is 1.80. The molecule has 0 unspecified atom stereocenters. The zero-order chi connectivity index (χ0) is 9.52. The molecule has 0 aromatic rings. The lowest BCUT2D eigenvalue weighted by atomic mass is 9.77. The monoisotopic (exact) mass is 165 g/mol. The second-order valence-corrected chi connectivity index (χ2v) is 4.33. The van der Waals surface area contributed by atoms with Crippen molar-refractivity contribution < 1.29 is 0 Å². The number of likely N-dealkylation sites (N-methyl/N-ethyl adjacent to an activating group) is 1. The van der Waals surface area contributed by atoms with Gasteiger partial charge in [0.2, 0.25) is 0 Å². The van der Waals surface area contributed by atoms with E-state index in [-0.39, 0.29) is 5.41 Å². The van der Waals surface area contributed by atoms with Crippen LogP contribution in [0.1, 0.15) is 27.7 Å². The SMILES string of the molecule is C=C1N(C)CC(C)=C(C)C1(C)C. The third-order valence-electron chi connectivity index (χ3n) is 3.23. The van der Waals surface area contributed by atoms with Crippen LogP contribution in [0.2, 0.25) is 0 Å². The van der Waals surface area contributed by atoms with E-state index in [1.807, 2.05) is 0 Å². The predicted molar refractivity (Wildman–Crippen MR) is 53.9 cm³/mol. The summed E-state index contributed by atoms with van der Waals surface area (Å²) < 4.78 is 0. The van der Waals surface area contributed by atoms with Crippen LogP contribution in [0, 0.1) is 5.41 Å². The molecule has 0 N–H and O–H groups in total. The summed E-state index contributed by atoms with van der Waals surface area (Å²) in [5, 5.41) is 0. The van der Waals surface area contributed by atoms with Gasteiger partial charge in [-0.1, -0.05) is 31.6 Å². The second-order valence-electron chi connectivity index (χ2n) is 4.33. The molecule has 1 nitrogen and oxygen atoms in total. The summed E-state index contributed by atoms with van der Waals surface area (Å²) in [6.07, 6.45) is 0. The van der Waals surface area contributed by atoms with Crippen LogP contribution in [-0.4, -0.2) is 18.5 Å². The molecule has 1 heterocycles. The lowest BCUT2D eigenvalue weighted by molar-refractivity contribution is 0.316. The Morgan fingerprint density at radius 1 is 1.33 bits per heavy atom. The van der Waals surface area contributed by atoms with Gasteiger partial charge in [0.1, 0.15) is 0 Å². The van der Waals surface area contributed by atoms with Gasteiger partial charge in [0.25, 0.3) is 0 Å². The van der Waals surface area contributed by atoms with E-state index < -0.39 is 0 Å². The van der Waals surface area contributed by atoms with Gasteiger partial charge in [-0.15, -0.1) is 0 Å². The minimum Gasteiger partial charge on any atom is -0.374 e. The molecule has 1 rings (SSSR count). The van der Waals surface area contributed by atoms with Crippen molar-refractivity contribution in [1.29, 1.82) is 0 Å². The second kappa shape index (κ2) is 2.65. The zero-order valence-corrected chi connectivity index (χ0v) is 8.86. The molecule has 12 heavy (non-hydrogen) atoms. The zero-order valence-electron chi connectivity index (χ0n) is 8.86. The van der Waals surface area contributed by atoms with E-state index >= 15 is 0 Å². The molecule has 0 aliphatic carbocycles. The van der Waals surface area contributed by atoms with Crippen molar-refractivity contribution in [2.75, 3.05) is 13.6 Å². The van der Waals surface area contributed by atoms with Crippen molar-refractivity contribution in [2.45, 2.75) is 27.7 Å². The first-order valence-corrected chi connectivity index (χ1v) is 4.44. The van der Waals surface area contributed by atoms with Crippen LogP contribution in [0.3, 0.4) is 0 Å². The maximum Gasteiger partial charge on any atom is 0.0383 e. The Labute approximate surface area is 75.8 Å². The van der Waals surface area contributed by atoms with Crippen LogP contribution in [0.25, 0.3) is 0 Å². The van der Waals surface area contributed by atoms with Crippen LogP contribution in [0.4, 0.5) is 0 Å². The average molecular weight is 165 g/mol. The Balaban J connectivity index is 3.14. The Morgan fingerprint density at radius 2 is 1.83 bits per heavy atom. The molecule has 0 radical (unpaired) electrons. The summed E-state index contributed by atoms with van der Waals surface area (Å²) in [5.41, 5.74) is 4.34. The molecule has 0 aromatic heterocycles. The summed E-state index contributed by atoms with van der Waals surface area (Å²) in [5.74, 6) is 0. The first-order chi connectivity index (χ1) is 5.37. The van der Waals surface area contributed by atoms with Crippen LogP contribution < -0.4 is 0 Å². The largest absolute Gasteiger partial charge is 0.374 e. The molecule has 0 saturated heterocycles. The van der Waals surface area contributed by atoms with Gasteiger partial charge in [-0.25, -0.2) is 0 Å². The molecule has 1 aliphatic rings. The molecular weight excluding hydrogens is 146 g/mol. The van der Waals surface area contributed by atoms with Crippen molar-refractivity contribution >= 4 is 0 Å². The molecular formula is C11H19N. The third kappa shape index (κ3) is 1.17. The third-order valence-corrected chi connectivity index (χ3v) is 3.23. The van der Waals surface area contributed by atoms with Gasteiger partial charge in [-0.05, 0) is 13.8 Å². The predicted octanol–water partition coefficient (Wildman–Crippen LogP) is 2.81. The Hall–Kier alpha value is -0.720. The number of rotatable bonds is 0. The fraction of sp³-hybridized carbons (Fsp3) is 0.636. The van der Waals surface area contributed by atoms with Crippen molar-refractivity contribution in [3.8, 4) is 0 Å². The van der Waals surface area contributed by atoms with Crippen molar-refractivity contribution in [1.82, 2.24) is 4.90 Å². The van der Waals surface area contributed by atoms with Gasteiger partial charge in [-0.3, -0.25) is 0 Å². The van der Waals surface area contributed by atoms with Crippen LogP contribution in [0.5, 0.6) is 0 Å². The maximum absolute atomic E-state index is 4.12. The molecule has 0 spiro atoms. The standard InChI is InChI=1S/C11H19N/c1-8-7-12(6)10(3)11(4,5)9(8)2/h3,7H2,1-2,4-6H3. The van der Waals surface area contributed by atoms with Gasteiger partial charge >= 0.3 is 0 Å². The van der Waals surface area contributed by atoms with Crippen LogP contribution >= 0.6 is 0 Å². The molecule has 0 atom stereocenters. The fourth-order valence-electron chi connectivity index (χ4n) is 1.80. The van der Waals surface area contributed by atoms with Crippen LogP contribution in [0.15, 0.2) is 23.4 Å². The summed E-state index contributed by atoms with van der Waals surface area (Å²) in [4.78, 5) is 2.24. The molecule has 0 fully saturated rings. The first-order valence-electron chi connectivity index (χ1n) is 4.44. The summed E-state index contributed by atoms with van der Waals surface area (Å²) in [6.45, 7) is 14.1. The summed E-state index contributed by atoms with van der Waals surface area (Å²) in [7, 11) is 2.11. The number of hydrogen-bond donors (Lipinski definition) is 0. The van der Waals surface area contributed by atoms with E-state index in [9.17, 15) is 0 Å². The van der Waals surface area contributed by atoms with Crippen molar-refractivity contribution in [3.05, 3.63) is 23.4 Å². The van der Waals surface area contributed by atoms with E-state index in [1.165, 1.54) is 16.8 Å². The van der Waals surface area contributed by atoms with E-state index in [0.717, 1.165) is 6.54 Å². The molecule has 0 aromatic carbocycles. The Bertz CT molecular complexity index is 246. The molecule has 0 saturated carbocycles. The van der Waals surface area contributed by atoms with Gasteiger partial charge in [-0.2, -0.15) is 0 Å². The highest BCUT2D eigenvalue weighted by Crippen LogP contribution is 2.40. The minimum atomic E-state index is 0.150. The molecule has 0 amide bonds. The number of hydrogen-bond acceptors (Lipinski definition) is 1. The van der Waals surface area contributed by atoms with Crippen LogP contribution in [-0.2, 0) is 0 Å². The van der Waals surface area contributed by atoms with E-state index in [0.29, 0.717) is 0 Å². The van der Waals surface area contributed by atoms with Crippen molar-refractivity contribution in [3.63, 3.8) is 0 Å². The smallest absolute Gasteiger partial charge is 0.0383 e. The van der Waals surface area contributed by atoms with Gasteiger partial charge in [0, 0.05) is 24.7 Å². The quantitative estimate of drug-likeness (QED) is 0.499. The van der Waals surface area contributed by atoms with E-state index in [1.54, 1.807) is 0 Å². The minimum absolute atomic E-state index is 0.150. The Kier molecular flexibility index (Phi) is 2.07. The lowest BCUT2D eigenvalue weighted by Gasteiger charge is -2.41. The van der Waals surface area contributed by atoms with Gasteiger partial charge in [0.05, 0.1) is 0 Å². The highest BCUT2D eigenvalue weighted by atomic mass is 15.1. The van der Waals surface area contributed by atoms with Gasteiger partial charge < -0.3 is 4.90 Å². The molecule has 68 valence electrons. The molecule has 1 heteroatoms. The number of nitrogens with zero attached hydrogens (tertiary/aromatic N) is 1. The highest BCUT2D eigenvalue weighted by molar-refractivity contribution is 5.32. The molecule has 0 bridgehead atoms. The van der Waals surface area contributed by atoms with E-state index in [4.69, 9.17) is 0 Å². The average Bonchev–Trinajstić information content (AvgIpc) is 1.99. The highest BCUT2D eigenvalue weighted by Gasteiger charge is 2.31. The van der Waals surface area contributed by atoms with Gasteiger partial charge in [0.15, 0.2) is 0 Å². The summed E-state index contributed by atoms with van der Waals surface area (Å²) in [6, 6.07) is 0. The summed E-state index contributed by atoms with van der Waals surface area (Å²) >= 11 is 0. The Morgan fingerprint density at radius 3 is 2.33 bits per heavy atom. The maximum atomic E-state index is 4.12. The van der Waals surface area contributed by atoms with Crippen molar-refractivity contribution in [2.24, 2.45) is 5.41 Å². The normalized spacial score (nSPS) is 23.4. The topological polar surface area (TPSA) is 3.24 Å². The number of allylic oxidation sites excluding steroid dienone is 1. The lowest BCUT2D eigenvalue weighted by Crippen LogP contribution is -2.35.